The van der Waals surface area contributed by atoms with Crippen LogP contribution in [0.25, 0.3) is 0 Å². The second kappa shape index (κ2) is 3.30. The van der Waals surface area contributed by atoms with Crippen molar-refractivity contribution in [3.05, 3.63) is 0 Å². The molecule has 0 aliphatic carbocycles. The summed E-state index contributed by atoms with van der Waals surface area (Å²) in [7, 11) is 3.03. The lowest BCUT2D eigenvalue weighted by molar-refractivity contribution is -0.199. The summed E-state index contributed by atoms with van der Waals surface area (Å²) in [5, 5.41) is 9.16. The Labute approximate surface area is 59.7 Å². The van der Waals surface area contributed by atoms with E-state index in [0.29, 0.717) is 6.42 Å². The fraction of sp³-hybridized carbons (Fsp3) is 1.00. The first-order valence-corrected chi connectivity index (χ1v) is 3.17. The fourth-order valence-corrected chi connectivity index (χ4v) is 0.969. The molecule has 1 aliphatic heterocycles. The molecule has 10 heavy (non-hydrogen) atoms. The molecule has 1 aliphatic rings. The van der Waals surface area contributed by atoms with Gasteiger partial charge in [-0.05, 0) is 0 Å². The predicted molar refractivity (Wildman–Crippen MR) is 33.3 cm³/mol. The summed E-state index contributed by atoms with van der Waals surface area (Å²) in [4.78, 5) is 0. The summed E-state index contributed by atoms with van der Waals surface area (Å²) in [6.07, 6.45) is -0.922. The van der Waals surface area contributed by atoms with Crippen molar-refractivity contribution >= 4 is 0 Å². The Hall–Kier alpha value is -0.160. The number of rotatable bonds is 2. The monoisotopic (exact) mass is 148 g/mol. The Kier molecular flexibility index (Phi) is 2.62. The molecule has 4 nitrogen and oxygen atoms in total. The van der Waals surface area contributed by atoms with Crippen LogP contribution in [0.3, 0.4) is 0 Å². The zero-order valence-electron chi connectivity index (χ0n) is 6.11. The Balaban J connectivity index is 2.36. The van der Waals surface area contributed by atoms with E-state index >= 15 is 0 Å². The first-order chi connectivity index (χ1) is 4.77. The van der Waals surface area contributed by atoms with Gasteiger partial charge in [-0.2, -0.15) is 0 Å². The predicted octanol–water partition coefficient (Wildman–Crippen LogP) is -0.287. The smallest absolute Gasteiger partial charge is 0.186 e. The molecular formula is C6H12O4. The van der Waals surface area contributed by atoms with E-state index in [9.17, 15) is 0 Å². The second-order valence-electron chi connectivity index (χ2n) is 2.21. The van der Waals surface area contributed by atoms with Crippen molar-refractivity contribution < 1.29 is 19.3 Å². The molecule has 0 aromatic rings. The molecule has 1 saturated heterocycles. The van der Waals surface area contributed by atoms with Gasteiger partial charge in [0.05, 0.1) is 0 Å². The molecule has 60 valence electrons. The average molecular weight is 148 g/mol. The van der Waals surface area contributed by atoms with Crippen molar-refractivity contribution in [3.63, 3.8) is 0 Å². The topological polar surface area (TPSA) is 47.9 Å². The lowest BCUT2D eigenvalue weighted by Crippen LogP contribution is -2.22. The van der Waals surface area contributed by atoms with E-state index in [-0.39, 0.29) is 6.29 Å². The molecule has 0 radical (unpaired) electrons. The third-order valence-corrected chi connectivity index (χ3v) is 1.53. The standard InChI is InChI=1S/C6H12O4/c1-8-5-3-4(7)6(9-2)10-5/h4-7H,3H2,1-2H3/t4-,5+,6-/m1/s1. The molecule has 4 heteroatoms. The van der Waals surface area contributed by atoms with E-state index in [1.54, 1.807) is 0 Å². The molecule has 0 aromatic carbocycles. The zero-order chi connectivity index (χ0) is 7.56. The molecule has 1 heterocycles. The molecule has 0 unspecified atom stereocenters. The Morgan fingerprint density at radius 1 is 1.40 bits per heavy atom. The summed E-state index contributed by atoms with van der Waals surface area (Å²) in [5.74, 6) is 0. The SMILES string of the molecule is CO[C@@H]1C[C@@H](O)[C@H](OC)O1. The first kappa shape index (κ1) is 7.94. The van der Waals surface area contributed by atoms with Crippen LogP contribution in [0.2, 0.25) is 0 Å². The average Bonchev–Trinajstić information content (AvgIpc) is 2.30. The van der Waals surface area contributed by atoms with Gasteiger partial charge >= 0.3 is 0 Å². The van der Waals surface area contributed by atoms with Crippen LogP contribution < -0.4 is 0 Å². The largest absolute Gasteiger partial charge is 0.388 e. The Morgan fingerprint density at radius 2 is 2.10 bits per heavy atom. The maximum atomic E-state index is 9.16. The van der Waals surface area contributed by atoms with E-state index in [2.05, 4.69) is 0 Å². The van der Waals surface area contributed by atoms with Crippen LogP contribution in [-0.2, 0) is 14.2 Å². The van der Waals surface area contributed by atoms with Gasteiger partial charge < -0.3 is 19.3 Å². The van der Waals surface area contributed by atoms with Crippen LogP contribution in [-0.4, -0.2) is 38.0 Å². The minimum atomic E-state index is -0.560. The second-order valence-corrected chi connectivity index (χ2v) is 2.21. The quantitative estimate of drug-likeness (QED) is 0.584. The number of hydrogen-bond acceptors (Lipinski definition) is 4. The van der Waals surface area contributed by atoms with Crippen molar-refractivity contribution in [2.24, 2.45) is 0 Å². The molecule has 0 bridgehead atoms. The van der Waals surface area contributed by atoms with Gasteiger partial charge in [0, 0.05) is 20.6 Å². The maximum Gasteiger partial charge on any atom is 0.186 e. The molecular weight excluding hydrogens is 136 g/mol. The third-order valence-electron chi connectivity index (χ3n) is 1.53. The molecule has 1 fully saturated rings. The van der Waals surface area contributed by atoms with Gasteiger partial charge in [0.25, 0.3) is 0 Å². The fourth-order valence-electron chi connectivity index (χ4n) is 0.969. The van der Waals surface area contributed by atoms with Gasteiger partial charge in [-0.25, -0.2) is 0 Å². The molecule has 1 rings (SSSR count). The van der Waals surface area contributed by atoms with Crippen LogP contribution in [0.5, 0.6) is 0 Å². The maximum absolute atomic E-state index is 9.16. The Bertz CT molecular complexity index is 106. The summed E-state index contributed by atoms with van der Waals surface area (Å²) in [6, 6.07) is 0. The lowest BCUT2D eigenvalue weighted by atomic mass is 10.3. The highest BCUT2D eigenvalue weighted by molar-refractivity contribution is 4.70. The highest BCUT2D eigenvalue weighted by atomic mass is 16.8. The van der Waals surface area contributed by atoms with Crippen LogP contribution in [0, 0.1) is 0 Å². The lowest BCUT2D eigenvalue weighted by Gasteiger charge is -2.10. The van der Waals surface area contributed by atoms with Crippen molar-refractivity contribution in [3.8, 4) is 0 Å². The minimum Gasteiger partial charge on any atom is -0.388 e. The summed E-state index contributed by atoms with van der Waals surface area (Å²) in [6.45, 7) is 0. The van der Waals surface area contributed by atoms with E-state index in [1.807, 2.05) is 0 Å². The van der Waals surface area contributed by atoms with Gasteiger partial charge in [-0.15, -0.1) is 0 Å². The molecule has 0 aromatic heterocycles. The van der Waals surface area contributed by atoms with Crippen molar-refractivity contribution in [2.45, 2.75) is 25.1 Å². The van der Waals surface area contributed by atoms with Crippen molar-refractivity contribution in [1.82, 2.24) is 0 Å². The van der Waals surface area contributed by atoms with Gasteiger partial charge in [0.2, 0.25) is 0 Å². The van der Waals surface area contributed by atoms with Crippen molar-refractivity contribution in [2.75, 3.05) is 14.2 Å². The molecule has 1 N–H and O–H groups in total. The number of ether oxygens (including phenoxy) is 3. The third kappa shape index (κ3) is 1.46. The number of methoxy groups -OCH3 is 2. The highest BCUT2D eigenvalue weighted by Gasteiger charge is 2.33. The van der Waals surface area contributed by atoms with Gasteiger partial charge in [0.1, 0.15) is 6.10 Å². The van der Waals surface area contributed by atoms with E-state index in [0.717, 1.165) is 0 Å². The first-order valence-electron chi connectivity index (χ1n) is 3.17. The van der Waals surface area contributed by atoms with E-state index in [1.165, 1.54) is 14.2 Å². The number of aliphatic hydroxyl groups is 1. The van der Waals surface area contributed by atoms with Gasteiger partial charge in [-0.1, -0.05) is 0 Å². The molecule has 0 amide bonds. The normalized spacial score (nSPS) is 40.5. The molecule has 0 saturated carbocycles. The summed E-state index contributed by atoms with van der Waals surface area (Å²) >= 11 is 0. The Morgan fingerprint density at radius 3 is 2.40 bits per heavy atom. The number of aliphatic hydroxyl groups excluding tert-OH is 1. The highest BCUT2D eigenvalue weighted by Crippen LogP contribution is 2.20. The van der Waals surface area contributed by atoms with E-state index in [4.69, 9.17) is 19.3 Å². The van der Waals surface area contributed by atoms with Crippen LogP contribution in [0.4, 0.5) is 0 Å². The van der Waals surface area contributed by atoms with Gasteiger partial charge in [-0.3, -0.25) is 0 Å². The zero-order valence-corrected chi connectivity index (χ0v) is 6.11. The van der Waals surface area contributed by atoms with Gasteiger partial charge in [0.15, 0.2) is 12.6 Å². The van der Waals surface area contributed by atoms with Crippen LogP contribution in [0.15, 0.2) is 0 Å². The van der Waals surface area contributed by atoms with Crippen molar-refractivity contribution in [1.29, 1.82) is 0 Å². The van der Waals surface area contributed by atoms with Crippen LogP contribution >= 0.6 is 0 Å². The minimum absolute atomic E-state index is 0.319. The summed E-state index contributed by atoms with van der Waals surface area (Å²) in [5.41, 5.74) is 0. The van der Waals surface area contributed by atoms with E-state index < -0.39 is 12.4 Å². The van der Waals surface area contributed by atoms with Crippen LogP contribution in [0.1, 0.15) is 6.42 Å². The molecule has 0 spiro atoms. The number of hydrogen-bond donors (Lipinski definition) is 1. The molecule has 3 atom stereocenters. The summed E-state index contributed by atoms with van der Waals surface area (Å²) < 4.78 is 14.7.